The van der Waals surface area contributed by atoms with Crippen molar-refractivity contribution >= 4 is 5.78 Å². The van der Waals surface area contributed by atoms with E-state index in [1.165, 1.54) is 5.56 Å². The van der Waals surface area contributed by atoms with Crippen molar-refractivity contribution in [3.05, 3.63) is 29.8 Å². The fourth-order valence-corrected chi connectivity index (χ4v) is 2.40. The molecule has 1 aliphatic rings. The normalized spacial score (nSPS) is 26.6. The standard InChI is InChI=1S/C13H16O2/c1-9-6-11(8-13(15)7-9)10-2-4-12(14)5-3-10/h2-5,9,11,14H,6-8H2,1H3. The predicted octanol–water partition coefficient (Wildman–Crippen LogP) is 2.86. The molecule has 15 heavy (non-hydrogen) atoms. The van der Waals surface area contributed by atoms with Crippen LogP contribution in [0.5, 0.6) is 5.75 Å². The van der Waals surface area contributed by atoms with E-state index in [-0.39, 0.29) is 5.75 Å². The van der Waals surface area contributed by atoms with Gasteiger partial charge in [-0.1, -0.05) is 19.1 Å². The molecule has 0 radical (unpaired) electrons. The number of Topliss-reactive ketones (excluding diaryl/α,β-unsaturated/α-hetero) is 1. The predicted molar refractivity (Wildman–Crippen MR) is 58.9 cm³/mol. The first-order valence-electron chi connectivity index (χ1n) is 5.46. The third kappa shape index (κ3) is 2.38. The highest BCUT2D eigenvalue weighted by Crippen LogP contribution is 2.34. The maximum absolute atomic E-state index is 11.5. The summed E-state index contributed by atoms with van der Waals surface area (Å²) in [6.45, 7) is 2.13. The van der Waals surface area contributed by atoms with Crippen LogP contribution in [0.1, 0.15) is 37.7 Å². The molecular formula is C13H16O2. The second-order valence-electron chi connectivity index (χ2n) is 4.58. The van der Waals surface area contributed by atoms with E-state index < -0.39 is 0 Å². The van der Waals surface area contributed by atoms with Gasteiger partial charge in [0.1, 0.15) is 11.5 Å². The summed E-state index contributed by atoms with van der Waals surface area (Å²) in [5.74, 6) is 1.49. The fraction of sp³-hybridized carbons (Fsp3) is 0.462. The minimum atomic E-state index is 0.286. The van der Waals surface area contributed by atoms with Crippen LogP contribution < -0.4 is 0 Å². The molecule has 0 aliphatic heterocycles. The van der Waals surface area contributed by atoms with Gasteiger partial charge in [0.15, 0.2) is 0 Å². The van der Waals surface area contributed by atoms with Crippen LogP contribution in [-0.2, 0) is 4.79 Å². The van der Waals surface area contributed by atoms with E-state index in [1.54, 1.807) is 12.1 Å². The zero-order valence-corrected chi connectivity index (χ0v) is 8.94. The van der Waals surface area contributed by atoms with Gasteiger partial charge in [-0.05, 0) is 36.0 Å². The number of hydrogen-bond acceptors (Lipinski definition) is 2. The molecule has 2 heteroatoms. The van der Waals surface area contributed by atoms with Crippen LogP contribution in [0.3, 0.4) is 0 Å². The Morgan fingerprint density at radius 1 is 1.20 bits per heavy atom. The van der Waals surface area contributed by atoms with Gasteiger partial charge >= 0.3 is 0 Å². The molecule has 0 amide bonds. The summed E-state index contributed by atoms with van der Waals surface area (Å²) in [6.07, 6.45) is 2.47. The second-order valence-corrected chi connectivity index (χ2v) is 4.58. The van der Waals surface area contributed by atoms with Gasteiger partial charge in [-0.2, -0.15) is 0 Å². The van der Waals surface area contributed by atoms with Crippen LogP contribution in [-0.4, -0.2) is 10.9 Å². The Labute approximate surface area is 89.9 Å². The average Bonchev–Trinajstić information content (AvgIpc) is 2.17. The number of rotatable bonds is 1. The fourth-order valence-electron chi connectivity index (χ4n) is 2.40. The van der Waals surface area contributed by atoms with Crippen LogP contribution in [0.15, 0.2) is 24.3 Å². The Morgan fingerprint density at radius 2 is 1.87 bits per heavy atom. The monoisotopic (exact) mass is 204 g/mol. The highest BCUT2D eigenvalue weighted by molar-refractivity contribution is 5.80. The van der Waals surface area contributed by atoms with Crippen molar-refractivity contribution < 1.29 is 9.90 Å². The van der Waals surface area contributed by atoms with E-state index in [4.69, 9.17) is 0 Å². The molecule has 0 saturated heterocycles. The number of ketones is 1. The van der Waals surface area contributed by atoms with Crippen LogP contribution in [0.2, 0.25) is 0 Å². The van der Waals surface area contributed by atoms with Crippen molar-refractivity contribution in [3.8, 4) is 5.75 Å². The maximum atomic E-state index is 11.5. The molecule has 1 aliphatic carbocycles. The number of phenolic OH excluding ortho intramolecular Hbond substituents is 1. The lowest BCUT2D eigenvalue weighted by atomic mass is 9.78. The van der Waals surface area contributed by atoms with Crippen LogP contribution in [0.4, 0.5) is 0 Å². The van der Waals surface area contributed by atoms with Crippen molar-refractivity contribution in [1.29, 1.82) is 0 Å². The number of benzene rings is 1. The first-order chi connectivity index (χ1) is 7.15. The third-order valence-corrected chi connectivity index (χ3v) is 3.10. The number of aromatic hydroxyl groups is 1. The highest BCUT2D eigenvalue weighted by atomic mass is 16.3. The van der Waals surface area contributed by atoms with E-state index in [2.05, 4.69) is 6.92 Å². The third-order valence-electron chi connectivity index (χ3n) is 3.10. The number of carbonyl (C=O) groups excluding carboxylic acids is 1. The summed E-state index contributed by atoms with van der Waals surface area (Å²) < 4.78 is 0. The second kappa shape index (κ2) is 4.05. The lowest BCUT2D eigenvalue weighted by Gasteiger charge is -2.26. The van der Waals surface area contributed by atoms with Gasteiger partial charge in [0, 0.05) is 12.8 Å². The number of hydrogen-bond donors (Lipinski definition) is 1. The highest BCUT2D eigenvalue weighted by Gasteiger charge is 2.25. The van der Waals surface area contributed by atoms with Crippen molar-refractivity contribution in [2.24, 2.45) is 5.92 Å². The summed E-state index contributed by atoms with van der Waals surface area (Å²) >= 11 is 0. The van der Waals surface area contributed by atoms with E-state index in [1.807, 2.05) is 12.1 Å². The Kier molecular flexibility index (Phi) is 2.76. The number of carbonyl (C=O) groups is 1. The molecule has 0 aromatic heterocycles. The molecule has 2 nitrogen and oxygen atoms in total. The van der Waals surface area contributed by atoms with Gasteiger partial charge in [-0.25, -0.2) is 0 Å². The van der Waals surface area contributed by atoms with Gasteiger partial charge in [-0.15, -0.1) is 0 Å². The summed E-state index contributed by atoms with van der Waals surface area (Å²) in [6, 6.07) is 7.23. The van der Waals surface area contributed by atoms with Gasteiger partial charge in [-0.3, -0.25) is 4.79 Å². The SMILES string of the molecule is CC1CC(=O)CC(c2ccc(O)cc2)C1. The molecule has 2 rings (SSSR count). The smallest absolute Gasteiger partial charge is 0.133 e. The number of phenols is 1. The molecule has 80 valence electrons. The Morgan fingerprint density at radius 3 is 2.47 bits per heavy atom. The van der Waals surface area contributed by atoms with Gasteiger partial charge in [0.05, 0.1) is 0 Å². The molecule has 0 heterocycles. The quantitative estimate of drug-likeness (QED) is 0.763. The van der Waals surface area contributed by atoms with Gasteiger partial charge < -0.3 is 5.11 Å². The first kappa shape index (κ1) is 10.2. The molecule has 2 unspecified atom stereocenters. The topological polar surface area (TPSA) is 37.3 Å². The van der Waals surface area contributed by atoms with E-state index in [0.717, 1.165) is 12.8 Å². The molecule has 1 fully saturated rings. The molecule has 2 atom stereocenters. The molecule has 0 bridgehead atoms. The lowest BCUT2D eigenvalue weighted by molar-refractivity contribution is -0.121. The van der Waals surface area contributed by atoms with Crippen LogP contribution in [0, 0.1) is 5.92 Å². The molecule has 1 N–H and O–H groups in total. The largest absolute Gasteiger partial charge is 0.508 e. The van der Waals surface area contributed by atoms with Crippen molar-refractivity contribution in [2.45, 2.75) is 32.1 Å². The van der Waals surface area contributed by atoms with Crippen molar-refractivity contribution in [1.82, 2.24) is 0 Å². The van der Waals surface area contributed by atoms with E-state index >= 15 is 0 Å². The molecule has 1 saturated carbocycles. The summed E-state index contributed by atoms with van der Waals surface area (Å²) in [5.41, 5.74) is 1.17. The van der Waals surface area contributed by atoms with Crippen LogP contribution in [0.25, 0.3) is 0 Å². The molecular weight excluding hydrogens is 188 g/mol. The summed E-state index contributed by atoms with van der Waals surface area (Å²) in [7, 11) is 0. The van der Waals surface area contributed by atoms with E-state index in [0.29, 0.717) is 24.0 Å². The van der Waals surface area contributed by atoms with Gasteiger partial charge in [0.2, 0.25) is 0 Å². The summed E-state index contributed by atoms with van der Waals surface area (Å²) in [4.78, 5) is 11.5. The Balaban J connectivity index is 2.16. The Hall–Kier alpha value is -1.31. The minimum Gasteiger partial charge on any atom is -0.508 e. The lowest BCUT2D eigenvalue weighted by Crippen LogP contribution is -2.19. The maximum Gasteiger partial charge on any atom is 0.133 e. The van der Waals surface area contributed by atoms with E-state index in [9.17, 15) is 9.90 Å². The zero-order valence-electron chi connectivity index (χ0n) is 8.94. The average molecular weight is 204 g/mol. The van der Waals surface area contributed by atoms with Crippen LogP contribution >= 0.6 is 0 Å². The zero-order chi connectivity index (χ0) is 10.8. The van der Waals surface area contributed by atoms with Crippen molar-refractivity contribution in [3.63, 3.8) is 0 Å². The van der Waals surface area contributed by atoms with Gasteiger partial charge in [0.25, 0.3) is 0 Å². The first-order valence-corrected chi connectivity index (χ1v) is 5.46. The summed E-state index contributed by atoms with van der Waals surface area (Å²) in [5, 5.41) is 9.19. The minimum absolute atomic E-state index is 0.286. The molecule has 1 aromatic carbocycles. The molecule has 1 aromatic rings. The molecule has 0 spiro atoms. The Bertz CT molecular complexity index is 353. The van der Waals surface area contributed by atoms with Crippen molar-refractivity contribution in [2.75, 3.05) is 0 Å².